The summed E-state index contributed by atoms with van der Waals surface area (Å²) in [4.78, 5) is 21.5. The summed E-state index contributed by atoms with van der Waals surface area (Å²) in [5.74, 6) is -0.192. The third-order valence-electron chi connectivity index (χ3n) is 2.11. The highest BCUT2D eigenvalue weighted by molar-refractivity contribution is 5.78. The Balaban J connectivity index is 2.59. The highest BCUT2D eigenvalue weighted by Gasteiger charge is 2.08. The first-order chi connectivity index (χ1) is 7.99. The number of nitrogens with two attached hydrogens (primary N) is 1. The summed E-state index contributed by atoms with van der Waals surface area (Å²) in [5, 5.41) is 13.2. The molecule has 6 nitrogen and oxygen atoms in total. The molecule has 0 saturated heterocycles. The predicted octanol–water partition coefficient (Wildman–Crippen LogP) is 0.601. The van der Waals surface area contributed by atoms with E-state index in [0.717, 1.165) is 0 Å². The first-order valence-corrected chi connectivity index (χ1v) is 5.24. The van der Waals surface area contributed by atoms with Crippen molar-refractivity contribution in [2.24, 2.45) is 5.73 Å². The van der Waals surface area contributed by atoms with Gasteiger partial charge in [-0.15, -0.1) is 0 Å². The molecule has 0 radical (unpaired) electrons. The minimum Gasteiger partial charge on any atom is -0.354 e. The van der Waals surface area contributed by atoms with Gasteiger partial charge in [0.1, 0.15) is 0 Å². The van der Waals surface area contributed by atoms with Crippen LogP contribution in [0.5, 0.6) is 0 Å². The van der Waals surface area contributed by atoms with E-state index in [0.29, 0.717) is 12.1 Å². The Morgan fingerprint density at radius 2 is 2.29 bits per heavy atom. The Morgan fingerprint density at radius 1 is 1.59 bits per heavy atom. The Morgan fingerprint density at radius 3 is 2.88 bits per heavy atom. The van der Waals surface area contributed by atoms with Gasteiger partial charge in [0.2, 0.25) is 5.91 Å². The lowest BCUT2D eigenvalue weighted by atomic mass is 10.1. The molecule has 3 N–H and O–H groups in total. The average Bonchev–Trinajstić information content (AvgIpc) is 2.26. The molecule has 0 aromatic heterocycles. The number of rotatable bonds is 5. The Labute approximate surface area is 99.0 Å². The van der Waals surface area contributed by atoms with Crippen LogP contribution in [0.15, 0.2) is 24.3 Å². The van der Waals surface area contributed by atoms with Gasteiger partial charge in [0, 0.05) is 24.7 Å². The fraction of sp³-hybridized carbons (Fsp3) is 0.364. The number of nitrogens with one attached hydrogen (secondary N) is 1. The van der Waals surface area contributed by atoms with Crippen LogP contribution in [0.1, 0.15) is 12.5 Å². The second-order valence-electron chi connectivity index (χ2n) is 3.89. The Bertz CT molecular complexity index is 418. The second kappa shape index (κ2) is 5.95. The van der Waals surface area contributed by atoms with Crippen molar-refractivity contribution < 1.29 is 9.72 Å². The van der Waals surface area contributed by atoms with E-state index in [9.17, 15) is 14.9 Å². The monoisotopic (exact) mass is 237 g/mol. The molecule has 17 heavy (non-hydrogen) atoms. The standard InChI is InChI=1S/C11H15N3O3/c1-8(12)7-13-11(15)6-9-3-2-4-10(5-9)14(16)17/h2-5,8H,6-7,12H2,1H3,(H,13,15). The van der Waals surface area contributed by atoms with Gasteiger partial charge in [-0.1, -0.05) is 12.1 Å². The number of carbonyl (C=O) groups excluding carboxylic acids is 1. The zero-order chi connectivity index (χ0) is 12.8. The number of amides is 1. The van der Waals surface area contributed by atoms with Crippen molar-refractivity contribution in [3.63, 3.8) is 0 Å². The summed E-state index contributed by atoms with van der Waals surface area (Å²) in [5.41, 5.74) is 6.09. The molecule has 0 heterocycles. The fourth-order valence-corrected chi connectivity index (χ4v) is 1.30. The van der Waals surface area contributed by atoms with Crippen LogP contribution >= 0.6 is 0 Å². The molecule has 1 atom stereocenters. The quantitative estimate of drug-likeness (QED) is 0.578. The molecule has 1 aromatic carbocycles. The van der Waals surface area contributed by atoms with E-state index in [1.807, 2.05) is 0 Å². The van der Waals surface area contributed by atoms with Crippen LogP contribution in [0.25, 0.3) is 0 Å². The largest absolute Gasteiger partial charge is 0.354 e. The summed E-state index contributed by atoms with van der Waals surface area (Å²) < 4.78 is 0. The maximum atomic E-state index is 11.5. The number of nitro groups is 1. The van der Waals surface area contributed by atoms with Crippen LogP contribution in [-0.2, 0) is 11.2 Å². The van der Waals surface area contributed by atoms with Crippen molar-refractivity contribution in [1.82, 2.24) is 5.32 Å². The molecule has 0 bridgehead atoms. The van der Waals surface area contributed by atoms with E-state index in [4.69, 9.17) is 5.73 Å². The minimum atomic E-state index is -0.483. The van der Waals surface area contributed by atoms with Crippen molar-refractivity contribution in [3.05, 3.63) is 39.9 Å². The van der Waals surface area contributed by atoms with Crippen LogP contribution in [-0.4, -0.2) is 23.4 Å². The molecule has 0 aliphatic rings. The Hall–Kier alpha value is -1.95. The number of nitrogens with zero attached hydrogens (tertiary/aromatic N) is 1. The van der Waals surface area contributed by atoms with Crippen LogP contribution in [0.2, 0.25) is 0 Å². The SMILES string of the molecule is CC(N)CNC(=O)Cc1cccc([N+](=O)[O-])c1. The molecular formula is C11H15N3O3. The van der Waals surface area contributed by atoms with E-state index < -0.39 is 4.92 Å². The zero-order valence-electron chi connectivity index (χ0n) is 9.55. The van der Waals surface area contributed by atoms with Gasteiger partial charge in [0.25, 0.3) is 5.69 Å². The first-order valence-electron chi connectivity index (χ1n) is 5.24. The van der Waals surface area contributed by atoms with Crippen molar-refractivity contribution in [2.45, 2.75) is 19.4 Å². The molecule has 0 aliphatic carbocycles. The molecule has 0 saturated carbocycles. The van der Waals surface area contributed by atoms with Gasteiger partial charge >= 0.3 is 0 Å². The minimum absolute atomic E-state index is 0.0116. The highest BCUT2D eigenvalue weighted by atomic mass is 16.6. The molecule has 92 valence electrons. The van der Waals surface area contributed by atoms with Gasteiger partial charge in [-0.3, -0.25) is 14.9 Å². The van der Waals surface area contributed by atoms with Crippen LogP contribution in [0, 0.1) is 10.1 Å². The number of benzene rings is 1. The van der Waals surface area contributed by atoms with E-state index in [2.05, 4.69) is 5.32 Å². The van der Waals surface area contributed by atoms with Crippen molar-refractivity contribution >= 4 is 11.6 Å². The fourth-order valence-electron chi connectivity index (χ4n) is 1.30. The van der Waals surface area contributed by atoms with E-state index >= 15 is 0 Å². The molecule has 1 amide bonds. The number of non-ortho nitro benzene ring substituents is 1. The number of hydrogen-bond acceptors (Lipinski definition) is 4. The number of nitro benzene ring substituents is 1. The van der Waals surface area contributed by atoms with Gasteiger partial charge in [-0.2, -0.15) is 0 Å². The van der Waals surface area contributed by atoms with E-state index in [1.54, 1.807) is 19.1 Å². The summed E-state index contributed by atoms with van der Waals surface area (Å²) in [7, 11) is 0. The van der Waals surface area contributed by atoms with Crippen LogP contribution in [0.3, 0.4) is 0 Å². The molecule has 6 heteroatoms. The molecular weight excluding hydrogens is 222 g/mol. The van der Waals surface area contributed by atoms with Gasteiger partial charge in [0.15, 0.2) is 0 Å². The second-order valence-corrected chi connectivity index (χ2v) is 3.89. The third kappa shape index (κ3) is 4.60. The van der Waals surface area contributed by atoms with Gasteiger partial charge < -0.3 is 11.1 Å². The smallest absolute Gasteiger partial charge is 0.269 e. The number of carbonyl (C=O) groups is 1. The molecule has 0 fully saturated rings. The van der Waals surface area contributed by atoms with Crippen LogP contribution < -0.4 is 11.1 Å². The molecule has 1 unspecified atom stereocenters. The van der Waals surface area contributed by atoms with Gasteiger partial charge in [-0.05, 0) is 12.5 Å². The summed E-state index contributed by atoms with van der Waals surface area (Å²) in [6, 6.07) is 5.92. The molecule has 1 rings (SSSR count). The lowest BCUT2D eigenvalue weighted by Gasteiger charge is -2.07. The average molecular weight is 237 g/mol. The highest BCUT2D eigenvalue weighted by Crippen LogP contribution is 2.13. The topological polar surface area (TPSA) is 98.3 Å². The van der Waals surface area contributed by atoms with E-state index in [1.165, 1.54) is 12.1 Å². The third-order valence-corrected chi connectivity index (χ3v) is 2.11. The lowest BCUT2D eigenvalue weighted by molar-refractivity contribution is -0.384. The van der Waals surface area contributed by atoms with Crippen molar-refractivity contribution in [1.29, 1.82) is 0 Å². The first kappa shape index (κ1) is 13.1. The molecule has 0 spiro atoms. The van der Waals surface area contributed by atoms with Crippen LogP contribution in [0.4, 0.5) is 5.69 Å². The van der Waals surface area contributed by atoms with Gasteiger partial charge in [-0.25, -0.2) is 0 Å². The van der Waals surface area contributed by atoms with Crippen molar-refractivity contribution in [2.75, 3.05) is 6.54 Å². The molecule has 0 aliphatic heterocycles. The van der Waals surface area contributed by atoms with Crippen molar-refractivity contribution in [3.8, 4) is 0 Å². The zero-order valence-corrected chi connectivity index (χ0v) is 9.55. The lowest BCUT2D eigenvalue weighted by Crippen LogP contribution is -2.35. The van der Waals surface area contributed by atoms with E-state index in [-0.39, 0.29) is 24.1 Å². The Kier molecular flexibility index (Phi) is 4.59. The number of hydrogen-bond donors (Lipinski definition) is 2. The summed E-state index contributed by atoms with van der Waals surface area (Å²) >= 11 is 0. The summed E-state index contributed by atoms with van der Waals surface area (Å²) in [6.07, 6.45) is 0.119. The normalized spacial score (nSPS) is 11.9. The van der Waals surface area contributed by atoms with Gasteiger partial charge in [0.05, 0.1) is 11.3 Å². The maximum Gasteiger partial charge on any atom is 0.269 e. The predicted molar refractivity (Wildman–Crippen MR) is 63.5 cm³/mol. The summed E-state index contributed by atoms with van der Waals surface area (Å²) in [6.45, 7) is 2.18. The molecule has 1 aromatic rings. The maximum absolute atomic E-state index is 11.5.